The van der Waals surface area contributed by atoms with Gasteiger partial charge in [0.15, 0.2) is 0 Å². The lowest BCUT2D eigenvalue weighted by molar-refractivity contribution is -0.138. The first-order valence-electron chi connectivity index (χ1n) is 11.6. The zero-order valence-electron chi connectivity index (χ0n) is 19.3. The molecule has 14 heteroatoms. The number of nitrogens with zero attached hydrogens (tertiary/aromatic N) is 7. The molecule has 4 heterocycles. The zero-order valence-corrected chi connectivity index (χ0v) is 20.1. The van der Waals surface area contributed by atoms with Gasteiger partial charge in [0.1, 0.15) is 6.54 Å². The lowest BCUT2D eigenvalue weighted by Gasteiger charge is -2.30. The van der Waals surface area contributed by atoms with Gasteiger partial charge in [0.25, 0.3) is 0 Å². The Balaban J connectivity index is 1.17. The highest BCUT2D eigenvalue weighted by molar-refractivity contribution is 7.99. The summed E-state index contributed by atoms with van der Waals surface area (Å²) in [4.78, 5) is 29.3. The van der Waals surface area contributed by atoms with E-state index >= 15 is 0 Å². The number of carboxylic acids is 1. The molecule has 3 aromatic rings. The highest BCUT2D eigenvalue weighted by Crippen LogP contribution is 2.40. The third-order valence-electron chi connectivity index (χ3n) is 6.36. The summed E-state index contributed by atoms with van der Waals surface area (Å²) in [6, 6.07) is 3.15. The van der Waals surface area contributed by atoms with Gasteiger partial charge in [0.05, 0.1) is 11.9 Å². The number of piperidine rings is 1. The molecule has 1 aliphatic carbocycles. The van der Waals surface area contributed by atoms with Crippen molar-refractivity contribution in [2.75, 3.05) is 13.1 Å². The van der Waals surface area contributed by atoms with Crippen LogP contribution in [-0.4, -0.2) is 80.4 Å². The van der Waals surface area contributed by atoms with Gasteiger partial charge in [-0.25, -0.2) is 19.0 Å². The predicted octanol–water partition coefficient (Wildman–Crippen LogP) is 1.99. The summed E-state index contributed by atoms with van der Waals surface area (Å²) in [5.74, 6) is -0.869. The standard InChI is InChI=1S/C22H25N7O6S/c30-18(31)12-28-21(24-25-26-28)36-14-7-9-27(10-8-14)22(34)35-17-6-5-13(11-23-17)29-19(32)15-3-1-2-4-16(15)20(29)33/h5-6,11,14,32-33H,1-4,7-10,12H2,(H,30,31). The molecule has 190 valence electrons. The molecule has 1 amide bonds. The van der Waals surface area contributed by atoms with E-state index in [0.29, 0.717) is 36.8 Å². The number of carboxylic acid groups (broad SMARTS) is 1. The molecule has 0 aromatic carbocycles. The van der Waals surface area contributed by atoms with E-state index in [1.165, 1.54) is 33.3 Å². The smallest absolute Gasteiger partial charge is 0.416 e. The normalized spacial score (nSPS) is 16.1. The van der Waals surface area contributed by atoms with Crippen LogP contribution in [0.3, 0.4) is 0 Å². The van der Waals surface area contributed by atoms with Crippen molar-refractivity contribution >= 4 is 23.8 Å². The number of carbonyl (C=O) groups excluding carboxylic acids is 1. The van der Waals surface area contributed by atoms with E-state index < -0.39 is 12.1 Å². The molecule has 0 saturated carbocycles. The number of likely N-dealkylation sites (tertiary alicyclic amines) is 1. The Bertz CT molecular complexity index is 1240. The summed E-state index contributed by atoms with van der Waals surface area (Å²) in [5, 5.41) is 41.8. The molecule has 1 saturated heterocycles. The maximum absolute atomic E-state index is 12.6. The average Bonchev–Trinajstić information content (AvgIpc) is 3.41. The van der Waals surface area contributed by atoms with E-state index in [2.05, 4.69) is 20.5 Å². The maximum Gasteiger partial charge on any atom is 0.416 e. The largest absolute Gasteiger partial charge is 0.494 e. The fraction of sp³-hybridized carbons (Fsp3) is 0.455. The van der Waals surface area contributed by atoms with Crippen molar-refractivity contribution in [1.82, 2.24) is 34.7 Å². The monoisotopic (exact) mass is 515 g/mol. The highest BCUT2D eigenvalue weighted by atomic mass is 32.2. The Morgan fingerprint density at radius 2 is 1.78 bits per heavy atom. The van der Waals surface area contributed by atoms with Gasteiger partial charge in [-0.05, 0) is 55.0 Å². The van der Waals surface area contributed by atoms with E-state index in [0.717, 1.165) is 36.8 Å². The van der Waals surface area contributed by atoms with Gasteiger partial charge in [-0.1, -0.05) is 11.8 Å². The van der Waals surface area contributed by atoms with Crippen LogP contribution in [-0.2, 0) is 24.2 Å². The van der Waals surface area contributed by atoms with Crippen LogP contribution < -0.4 is 4.74 Å². The summed E-state index contributed by atoms with van der Waals surface area (Å²) in [7, 11) is 0. The molecule has 0 atom stereocenters. The third-order valence-corrected chi connectivity index (χ3v) is 7.67. The number of rotatable bonds is 6. The Kier molecular flexibility index (Phi) is 6.67. The Morgan fingerprint density at radius 1 is 1.08 bits per heavy atom. The molecular weight excluding hydrogens is 490 g/mol. The van der Waals surface area contributed by atoms with Gasteiger partial charge in [-0.3, -0.25) is 4.79 Å². The molecule has 0 radical (unpaired) electrons. The second-order valence-corrected chi connectivity index (χ2v) is 9.95. The van der Waals surface area contributed by atoms with Crippen molar-refractivity contribution in [3.05, 3.63) is 29.5 Å². The second kappa shape index (κ2) is 10.0. The lowest BCUT2D eigenvalue weighted by Crippen LogP contribution is -2.41. The van der Waals surface area contributed by atoms with E-state index in [9.17, 15) is 19.8 Å². The van der Waals surface area contributed by atoms with Crippen molar-refractivity contribution in [2.45, 2.75) is 55.5 Å². The molecule has 2 aliphatic rings. The highest BCUT2D eigenvalue weighted by Gasteiger charge is 2.28. The fourth-order valence-electron chi connectivity index (χ4n) is 4.55. The van der Waals surface area contributed by atoms with Gasteiger partial charge < -0.3 is 25.0 Å². The number of aromatic hydroxyl groups is 2. The van der Waals surface area contributed by atoms with Crippen molar-refractivity contribution < 1.29 is 29.6 Å². The fourth-order valence-corrected chi connectivity index (χ4v) is 5.60. The van der Waals surface area contributed by atoms with Gasteiger partial charge in [-0.15, -0.1) is 5.10 Å². The van der Waals surface area contributed by atoms with Crippen molar-refractivity contribution in [2.24, 2.45) is 0 Å². The predicted molar refractivity (Wildman–Crippen MR) is 125 cm³/mol. The summed E-state index contributed by atoms with van der Waals surface area (Å²) < 4.78 is 8.03. The number of pyridine rings is 1. The minimum Gasteiger partial charge on any atom is -0.494 e. The molecule has 1 aliphatic heterocycles. The van der Waals surface area contributed by atoms with Crippen LogP contribution >= 0.6 is 11.8 Å². The van der Waals surface area contributed by atoms with Gasteiger partial charge in [0.2, 0.25) is 22.8 Å². The minimum absolute atomic E-state index is 0.0199. The number of aliphatic carboxylic acids is 1. The molecule has 3 aromatic heterocycles. The number of ether oxygens (including phenoxy) is 1. The minimum atomic E-state index is -1.02. The van der Waals surface area contributed by atoms with Crippen LogP contribution in [0.5, 0.6) is 17.6 Å². The number of carbonyl (C=O) groups is 2. The van der Waals surface area contributed by atoms with E-state index in [1.807, 2.05) is 0 Å². The first-order chi connectivity index (χ1) is 17.4. The second-order valence-electron chi connectivity index (χ2n) is 8.69. The van der Waals surface area contributed by atoms with Gasteiger partial charge >= 0.3 is 12.1 Å². The molecular formula is C22H25N7O6S. The topological polar surface area (TPSA) is 169 Å². The summed E-state index contributed by atoms with van der Waals surface area (Å²) in [5.41, 5.74) is 2.02. The Morgan fingerprint density at radius 3 is 2.39 bits per heavy atom. The Hall–Kier alpha value is -3.81. The Labute approximate surface area is 209 Å². The molecule has 36 heavy (non-hydrogen) atoms. The number of hydrogen-bond acceptors (Lipinski definition) is 10. The zero-order chi connectivity index (χ0) is 25.2. The number of tetrazole rings is 1. The first kappa shape index (κ1) is 23.9. The molecule has 3 N–H and O–H groups in total. The number of amides is 1. The SMILES string of the molecule is O=C(O)Cn1nnnc1SC1CCN(C(=O)Oc2ccc(-n3c(O)c4c(c3O)CCCC4)cn2)CC1. The van der Waals surface area contributed by atoms with E-state index in [4.69, 9.17) is 9.84 Å². The molecule has 13 nitrogen and oxygen atoms in total. The van der Waals surface area contributed by atoms with Gasteiger partial charge in [0, 0.05) is 35.5 Å². The van der Waals surface area contributed by atoms with Gasteiger partial charge in [-0.2, -0.15) is 0 Å². The first-order valence-corrected chi connectivity index (χ1v) is 12.5. The number of hydrogen-bond donors (Lipinski definition) is 3. The van der Waals surface area contributed by atoms with Crippen LogP contribution in [0.1, 0.15) is 36.8 Å². The van der Waals surface area contributed by atoms with E-state index in [-0.39, 0.29) is 29.4 Å². The lowest BCUT2D eigenvalue weighted by atomic mass is 9.95. The molecule has 0 spiro atoms. The average molecular weight is 516 g/mol. The van der Waals surface area contributed by atoms with Crippen LogP contribution in [0.15, 0.2) is 23.5 Å². The quantitative estimate of drug-likeness (QED) is 0.439. The van der Waals surface area contributed by atoms with Crippen LogP contribution in [0, 0.1) is 0 Å². The van der Waals surface area contributed by atoms with Crippen molar-refractivity contribution in [3.63, 3.8) is 0 Å². The number of thioether (sulfide) groups is 1. The van der Waals surface area contributed by atoms with Crippen LogP contribution in [0.25, 0.3) is 5.69 Å². The van der Waals surface area contributed by atoms with Crippen molar-refractivity contribution in [3.8, 4) is 23.3 Å². The number of fused-ring (bicyclic) bond motifs is 1. The summed E-state index contributed by atoms with van der Waals surface area (Å²) >= 11 is 1.40. The van der Waals surface area contributed by atoms with E-state index in [1.54, 1.807) is 11.0 Å². The third kappa shape index (κ3) is 4.80. The molecule has 0 unspecified atom stereocenters. The number of aromatic nitrogens is 6. The maximum atomic E-state index is 12.6. The molecule has 1 fully saturated rings. The summed E-state index contributed by atoms with van der Waals surface area (Å²) in [6.07, 6.45) is 5.65. The molecule has 5 rings (SSSR count). The van der Waals surface area contributed by atoms with Crippen molar-refractivity contribution in [1.29, 1.82) is 0 Å². The van der Waals surface area contributed by atoms with Crippen LogP contribution in [0.2, 0.25) is 0 Å². The van der Waals surface area contributed by atoms with Crippen LogP contribution in [0.4, 0.5) is 4.79 Å². The molecule has 0 bridgehead atoms. The summed E-state index contributed by atoms with van der Waals surface area (Å²) in [6.45, 7) is 0.621.